The van der Waals surface area contributed by atoms with Gasteiger partial charge < -0.3 is 29.9 Å². The van der Waals surface area contributed by atoms with Crippen LogP contribution >= 0.6 is 7.75 Å². The number of anilines is 1. The van der Waals surface area contributed by atoms with E-state index in [0.717, 1.165) is 4.57 Å². The predicted octanol–water partition coefficient (Wildman–Crippen LogP) is 0.968. The van der Waals surface area contributed by atoms with Crippen molar-refractivity contribution in [3.05, 3.63) is 53.1 Å². The fourth-order valence-corrected chi connectivity index (χ4v) is 5.01. The Morgan fingerprint density at radius 2 is 2.00 bits per heavy atom. The summed E-state index contributed by atoms with van der Waals surface area (Å²) in [5, 5.41) is 24.1. The molecule has 198 valence electrons. The maximum absolute atomic E-state index is 13.6. The van der Waals surface area contributed by atoms with Crippen molar-refractivity contribution in [2.75, 3.05) is 12.3 Å². The lowest BCUT2D eigenvalue weighted by Gasteiger charge is -2.27. The number of para-hydroxylation sites is 1. The first kappa shape index (κ1) is 27.8. The van der Waals surface area contributed by atoms with Gasteiger partial charge in [-0.2, -0.15) is 5.09 Å². The molecule has 1 aromatic heterocycles. The fraction of sp³-hybridized carbons (Fsp3) is 0.500. The summed E-state index contributed by atoms with van der Waals surface area (Å²) in [5.74, 6) is -0.812. The second kappa shape index (κ2) is 11.1. The third kappa shape index (κ3) is 6.30. The molecule has 0 unspecified atom stereocenters. The van der Waals surface area contributed by atoms with Crippen molar-refractivity contribution in [2.24, 2.45) is 0 Å². The number of rotatable bonds is 10. The Morgan fingerprint density at radius 3 is 2.64 bits per heavy atom. The van der Waals surface area contributed by atoms with Gasteiger partial charge in [-0.05, 0) is 39.8 Å². The summed E-state index contributed by atoms with van der Waals surface area (Å²) < 4.78 is 36.6. The van der Waals surface area contributed by atoms with Crippen molar-refractivity contribution in [1.29, 1.82) is 0 Å². The number of carbonyl (C=O) groups excluding carboxylic acids is 1. The number of hydrogen-bond donors (Lipinski definition) is 4. The Balaban J connectivity index is 1.80. The highest BCUT2D eigenvalue weighted by atomic mass is 31.2. The van der Waals surface area contributed by atoms with Crippen LogP contribution < -0.4 is 20.9 Å². The third-order valence-corrected chi connectivity index (χ3v) is 6.98. The largest absolute Gasteiger partial charge is 0.462 e. The highest BCUT2D eigenvalue weighted by Crippen LogP contribution is 2.46. The molecule has 1 saturated heterocycles. The molecule has 1 aromatic carbocycles. The van der Waals surface area contributed by atoms with E-state index in [9.17, 15) is 24.4 Å². The van der Waals surface area contributed by atoms with Crippen molar-refractivity contribution in [3.8, 4) is 5.75 Å². The summed E-state index contributed by atoms with van der Waals surface area (Å²) >= 11 is 0. The molecule has 5 N–H and O–H groups in total. The van der Waals surface area contributed by atoms with Gasteiger partial charge in [0.15, 0.2) is 12.0 Å². The number of esters is 1. The van der Waals surface area contributed by atoms with E-state index in [0.29, 0.717) is 0 Å². The second-order valence-electron chi connectivity index (χ2n) is 8.76. The van der Waals surface area contributed by atoms with Crippen LogP contribution in [0.25, 0.3) is 0 Å². The lowest BCUT2D eigenvalue weighted by molar-refractivity contribution is -0.149. The van der Waals surface area contributed by atoms with Crippen LogP contribution in [0.1, 0.15) is 33.9 Å². The molecular formula is C22H31N4O9P. The molecule has 0 spiro atoms. The summed E-state index contributed by atoms with van der Waals surface area (Å²) in [6.07, 6.45) is -2.04. The lowest BCUT2D eigenvalue weighted by atomic mass is 9.96. The maximum Gasteiger partial charge on any atom is 0.459 e. The van der Waals surface area contributed by atoms with E-state index in [-0.39, 0.29) is 11.6 Å². The number of nitrogens with one attached hydrogen (secondary N) is 1. The van der Waals surface area contributed by atoms with Crippen molar-refractivity contribution in [3.63, 3.8) is 0 Å². The van der Waals surface area contributed by atoms with Gasteiger partial charge in [-0.3, -0.25) is 18.7 Å². The number of aliphatic hydroxyl groups is 2. The van der Waals surface area contributed by atoms with Crippen LogP contribution in [-0.4, -0.2) is 62.3 Å². The fourth-order valence-electron chi connectivity index (χ4n) is 3.51. The first-order valence-corrected chi connectivity index (χ1v) is 12.7. The molecular weight excluding hydrogens is 495 g/mol. The molecule has 2 heterocycles. The Kier molecular flexibility index (Phi) is 8.55. The van der Waals surface area contributed by atoms with Crippen LogP contribution in [0.2, 0.25) is 0 Å². The Hall–Kier alpha value is -2.80. The van der Waals surface area contributed by atoms with Gasteiger partial charge in [0.1, 0.15) is 29.6 Å². The maximum atomic E-state index is 13.6. The summed E-state index contributed by atoms with van der Waals surface area (Å²) in [6, 6.07) is 7.03. The normalized spacial score (nSPS) is 26.4. The summed E-state index contributed by atoms with van der Waals surface area (Å²) in [7, 11) is -4.25. The number of nitrogen functional groups attached to an aromatic ring is 1. The molecule has 0 radical (unpaired) electrons. The average Bonchev–Trinajstić information content (AvgIpc) is 3.03. The van der Waals surface area contributed by atoms with Crippen molar-refractivity contribution >= 4 is 19.5 Å². The molecule has 1 aliphatic heterocycles. The van der Waals surface area contributed by atoms with Gasteiger partial charge in [0.25, 0.3) is 5.56 Å². The van der Waals surface area contributed by atoms with Gasteiger partial charge in [0.2, 0.25) is 0 Å². The van der Waals surface area contributed by atoms with Crippen LogP contribution in [0.4, 0.5) is 5.82 Å². The van der Waals surface area contributed by atoms with Crippen LogP contribution in [0.3, 0.4) is 0 Å². The van der Waals surface area contributed by atoms with E-state index in [1.165, 1.54) is 38.4 Å². The second-order valence-corrected chi connectivity index (χ2v) is 10.5. The molecule has 1 aliphatic rings. The molecule has 0 amide bonds. The van der Waals surface area contributed by atoms with Crippen LogP contribution in [0.15, 0.2) is 47.5 Å². The number of aliphatic hydroxyl groups excluding tert-OH is 1. The van der Waals surface area contributed by atoms with E-state index in [2.05, 4.69) is 10.1 Å². The van der Waals surface area contributed by atoms with Gasteiger partial charge in [0.05, 0.1) is 12.7 Å². The quantitative estimate of drug-likeness (QED) is 0.254. The minimum atomic E-state index is -4.25. The first-order chi connectivity index (χ1) is 16.8. The highest BCUT2D eigenvalue weighted by molar-refractivity contribution is 7.52. The van der Waals surface area contributed by atoms with Gasteiger partial charge >= 0.3 is 13.7 Å². The van der Waals surface area contributed by atoms with Crippen LogP contribution in [-0.2, 0) is 23.4 Å². The molecule has 14 heteroatoms. The van der Waals surface area contributed by atoms with E-state index in [1.54, 1.807) is 32.0 Å². The van der Waals surface area contributed by atoms with E-state index in [1.807, 2.05) is 0 Å². The Bertz CT molecular complexity index is 1160. The molecule has 13 nitrogen and oxygen atoms in total. The number of benzene rings is 1. The number of nitrogens with two attached hydrogens (primary N) is 1. The number of aromatic nitrogens is 2. The van der Waals surface area contributed by atoms with Gasteiger partial charge in [-0.15, -0.1) is 0 Å². The minimum absolute atomic E-state index is 0.189. The van der Waals surface area contributed by atoms with Crippen LogP contribution in [0, 0.1) is 0 Å². The summed E-state index contributed by atoms with van der Waals surface area (Å²) in [6.45, 7) is 5.51. The van der Waals surface area contributed by atoms with E-state index >= 15 is 0 Å². The Labute approximate surface area is 207 Å². The smallest absolute Gasteiger partial charge is 0.459 e. The molecule has 0 bridgehead atoms. The monoisotopic (exact) mass is 526 g/mol. The number of hydrogen-bond acceptors (Lipinski definition) is 11. The molecule has 36 heavy (non-hydrogen) atoms. The van der Waals surface area contributed by atoms with Crippen molar-refractivity contribution in [1.82, 2.24) is 14.6 Å². The van der Waals surface area contributed by atoms with E-state index in [4.69, 9.17) is 24.3 Å². The van der Waals surface area contributed by atoms with Crippen molar-refractivity contribution in [2.45, 2.75) is 63.9 Å². The van der Waals surface area contributed by atoms with E-state index < -0.39 is 62.1 Å². The predicted molar refractivity (Wildman–Crippen MR) is 128 cm³/mol. The molecule has 3 rings (SSSR count). The standard InChI is InChI=1S/C22H31N4O9P/c1-13(2)33-20(29)14(3)25-36(31,35-15-8-6-5-7-9-15)32-12-16-17(27)22(4,30)21(34-16)26-11-10-24-18(23)19(26)28/h5-11,13-14,16-17,21,27,30H,12H2,1-4H3,(H2,23,24)(H,25,31)/t14-,16-,17-,21-,22-,36-/m1/s1. The molecule has 0 aliphatic carbocycles. The first-order valence-electron chi connectivity index (χ1n) is 11.2. The SMILES string of the molecule is CC(C)OC(=O)[C@@H](C)N[P@@](=O)(OC[C@H]1O[C@@H](n2ccnc(N)c2=O)[C@](C)(O)[C@@H]1O)Oc1ccccc1. The zero-order valence-corrected chi connectivity index (χ0v) is 21.2. The molecule has 1 fully saturated rings. The van der Waals surface area contributed by atoms with Gasteiger partial charge in [0, 0.05) is 12.4 Å². The zero-order valence-electron chi connectivity index (χ0n) is 20.3. The zero-order chi connectivity index (χ0) is 26.7. The molecule has 6 atom stereocenters. The molecule has 2 aromatic rings. The summed E-state index contributed by atoms with van der Waals surface area (Å²) in [5.41, 5.74) is 2.89. The van der Waals surface area contributed by atoms with Crippen molar-refractivity contribution < 1.29 is 38.1 Å². The van der Waals surface area contributed by atoms with Crippen LogP contribution in [0.5, 0.6) is 5.75 Å². The minimum Gasteiger partial charge on any atom is -0.462 e. The lowest BCUT2D eigenvalue weighted by Crippen LogP contribution is -2.46. The Morgan fingerprint density at radius 1 is 1.33 bits per heavy atom. The van der Waals surface area contributed by atoms with Gasteiger partial charge in [-0.1, -0.05) is 18.2 Å². The average molecular weight is 526 g/mol. The highest BCUT2D eigenvalue weighted by Gasteiger charge is 2.54. The third-order valence-electron chi connectivity index (χ3n) is 5.34. The summed E-state index contributed by atoms with van der Waals surface area (Å²) in [4.78, 5) is 28.4. The number of nitrogens with zero attached hydrogens (tertiary/aromatic N) is 2. The van der Waals surface area contributed by atoms with Gasteiger partial charge in [-0.25, -0.2) is 9.55 Å². The molecule has 0 saturated carbocycles. The number of ether oxygens (including phenoxy) is 2. The topological polar surface area (TPSA) is 184 Å². The number of carbonyl (C=O) groups is 1.